The number of unbranched alkanes of at least 4 members (excludes halogenated alkanes) is 1. The molecule has 148 valence electrons. The summed E-state index contributed by atoms with van der Waals surface area (Å²) in [6, 6.07) is 0. The third-order valence-corrected chi connectivity index (χ3v) is 7.04. The molecule has 14 heteroatoms. The Balaban J connectivity index is 5.87. The van der Waals surface area contributed by atoms with Crippen molar-refractivity contribution in [3.63, 3.8) is 0 Å². The molecule has 0 aliphatic rings. The van der Waals surface area contributed by atoms with Crippen molar-refractivity contribution >= 4 is 20.4 Å². The molecule has 0 aromatic carbocycles. The highest BCUT2D eigenvalue weighted by Gasteiger charge is 2.86. The Hall–Kier alpha value is -0.370. The number of hydrogen-bond donors (Lipinski definition) is 0. The molecular formula is C10H15F9O3S2. The smallest absolute Gasteiger partial charge is 0.216 e. The Morgan fingerprint density at radius 3 is 1.58 bits per heavy atom. The quantitative estimate of drug-likeness (QED) is 0.544. The van der Waals surface area contributed by atoms with Crippen LogP contribution in [0, 0.1) is 0 Å². The van der Waals surface area contributed by atoms with E-state index in [0.29, 0.717) is 6.42 Å². The van der Waals surface area contributed by atoms with Crippen molar-refractivity contribution in [3.05, 3.63) is 0 Å². The Bertz CT molecular complexity index is 540. The fourth-order valence-corrected chi connectivity index (χ4v) is 5.31. The lowest BCUT2D eigenvalue weighted by Crippen LogP contribution is -2.63. The molecule has 0 rings (SSSR count). The molecule has 0 amide bonds. The molecular weight excluding hydrogens is 403 g/mol. The number of hydrogen-bond acceptors (Lipinski definition) is 3. The summed E-state index contributed by atoms with van der Waals surface area (Å²) in [4.78, 5) is 0. The van der Waals surface area contributed by atoms with Crippen LogP contribution < -0.4 is 0 Å². The molecule has 0 fully saturated rings. The molecule has 0 aromatic rings. The highest BCUT2D eigenvalue weighted by atomic mass is 32.3. The summed E-state index contributed by atoms with van der Waals surface area (Å²) in [5, 5.41) is -6.80. The Labute approximate surface area is 134 Å². The number of alkyl halides is 9. The maximum atomic E-state index is 13.4. The minimum absolute atomic E-state index is 0.167. The van der Waals surface area contributed by atoms with Gasteiger partial charge < -0.3 is 0 Å². The number of halogens is 9. The average Bonchev–Trinajstić information content (AvgIpc) is 2.33. The van der Waals surface area contributed by atoms with Gasteiger partial charge in [0, 0.05) is 0 Å². The highest BCUT2D eigenvalue weighted by Crippen LogP contribution is 2.57. The van der Waals surface area contributed by atoms with E-state index >= 15 is 0 Å². The summed E-state index contributed by atoms with van der Waals surface area (Å²) in [6.07, 6.45) is -4.48. The van der Waals surface area contributed by atoms with Crippen LogP contribution in [0.1, 0.15) is 19.8 Å². The van der Waals surface area contributed by atoms with Crippen LogP contribution in [0.2, 0.25) is 0 Å². The van der Waals surface area contributed by atoms with Gasteiger partial charge in [0.05, 0.1) is 0 Å². The monoisotopic (exact) mass is 418 g/mol. The molecule has 0 aromatic heterocycles. The standard InChI is InChI=1S/C10H15F9O3S2/c1-4-5-6-23(2,3)22-24(20,21)10(18,19)8(13,14)7(11,12)9(15,16)17/h4-6H2,1-3H3. The average molecular weight is 418 g/mol. The summed E-state index contributed by atoms with van der Waals surface area (Å²) in [5.74, 6) is -14.7. The van der Waals surface area contributed by atoms with Crippen LogP contribution in [0.3, 0.4) is 0 Å². The molecule has 0 aliphatic heterocycles. The predicted octanol–water partition coefficient (Wildman–Crippen LogP) is 4.54. The van der Waals surface area contributed by atoms with Crippen molar-refractivity contribution in [2.24, 2.45) is 0 Å². The minimum Gasteiger partial charge on any atom is -0.216 e. The summed E-state index contributed by atoms with van der Waals surface area (Å²) in [6.45, 7) is 1.62. The second kappa shape index (κ2) is 6.74. The molecule has 0 aliphatic carbocycles. The maximum absolute atomic E-state index is 13.4. The van der Waals surface area contributed by atoms with Crippen molar-refractivity contribution in [1.82, 2.24) is 0 Å². The van der Waals surface area contributed by atoms with Crippen LogP contribution in [0.25, 0.3) is 0 Å². The molecule has 0 N–H and O–H groups in total. The van der Waals surface area contributed by atoms with E-state index < -0.39 is 43.7 Å². The molecule has 0 bridgehead atoms. The second-order valence-electron chi connectivity index (χ2n) is 5.18. The van der Waals surface area contributed by atoms with Crippen LogP contribution in [-0.2, 0) is 13.7 Å². The zero-order valence-electron chi connectivity index (χ0n) is 12.6. The van der Waals surface area contributed by atoms with E-state index in [1.807, 2.05) is 0 Å². The molecule has 0 unspecified atom stereocenters. The first-order valence-electron chi connectivity index (χ1n) is 6.13. The molecule has 0 spiro atoms. The fraction of sp³-hybridized carbons (Fsp3) is 1.00. The van der Waals surface area contributed by atoms with Gasteiger partial charge in [0.25, 0.3) is 0 Å². The van der Waals surface area contributed by atoms with E-state index in [1.165, 1.54) is 0 Å². The first-order valence-corrected chi connectivity index (χ1v) is 10.1. The van der Waals surface area contributed by atoms with Gasteiger partial charge in [0.2, 0.25) is 0 Å². The third kappa shape index (κ3) is 4.23. The van der Waals surface area contributed by atoms with Gasteiger partial charge in [-0.1, -0.05) is 13.3 Å². The fourth-order valence-electron chi connectivity index (χ4n) is 1.33. The molecule has 0 heterocycles. The van der Waals surface area contributed by atoms with E-state index in [2.05, 4.69) is 3.63 Å². The lowest BCUT2D eigenvalue weighted by atomic mass is 10.1. The first-order chi connectivity index (χ1) is 10.3. The minimum atomic E-state index is -7.29. The van der Waals surface area contributed by atoms with Crippen molar-refractivity contribution in [3.8, 4) is 0 Å². The second-order valence-corrected chi connectivity index (χ2v) is 10.4. The van der Waals surface area contributed by atoms with Gasteiger partial charge in [0.15, 0.2) is 0 Å². The van der Waals surface area contributed by atoms with Gasteiger partial charge in [-0.15, -0.1) is 10.3 Å². The lowest BCUT2D eigenvalue weighted by Gasteiger charge is -2.36. The SMILES string of the molecule is CCCCS(C)(C)OS(=O)(=O)C(F)(F)C(F)(F)C(F)(F)C(F)(F)F. The molecule has 0 radical (unpaired) electrons. The van der Waals surface area contributed by atoms with E-state index in [0.717, 1.165) is 12.5 Å². The van der Waals surface area contributed by atoms with E-state index in [1.54, 1.807) is 6.92 Å². The first kappa shape index (κ1) is 23.6. The lowest BCUT2D eigenvalue weighted by molar-refractivity contribution is -0.382. The molecule has 3 nitrogen and oxygen atoms in total. The topological polar surface area (TPSA) is 43.4 Å². The van der Waals surface area contributed by atoms with Gasteiger partial charge in [-0.2, -0.15) is 47.9 Å². The summed E-state index contributed by atoms with van der Waals surface area (Å²) < 4.78 is 141. The third-order valence-electron chi connectivity index (χ3n) is 2.69. The largest absolute Gasteiger partial charge is 0.460 e. The van der Waals surface area contributed by atoms with Gasteiger partial charge in [-0.25, -0.2) is 3.63 Å². The van der Waals surface area contributed by atoms with Crippen LogP contribution >= 0.6 is 10.3 Å². The predicted molar refractivity (Wildman–Crippen MR) is 70.1 cm³/mol. The number of rotatable bonds is 8. The highest BCUT2D eigenvalue weighted by molar-refractivity contribution is 8.32. The Morgan fingerprint density at radius 1 is 0.833 bits per heavy atom. The van der Waals surface area contributed by atoms with Gasteiger partial charge in [-0.05, 0) is 24.7 Å². The van der Waals surface area contributed by atoms with Crippen LogP contribution in [-0.4, -0.2) is 50.0 Å². The van der Waals surface area contributed by atoms with E-state index in [9.17, 15) is 47.9 Å². The molecule has 24 heavy (non-hydrogen) atoms. The maximum Gasteiger partial charge on any atom is 0.460 e. The van der Waals surface area contributed by atoms with Gasteiger partial charge >= 0.3 is 33.4 Å². The van der Waals surface area contributed by atoms with Crippen LogP contribution in [0.15, 0.2) is 0 Å². The Kier molecular flexibility index (Phi) is 6.64. The summed E-state index contributed by atoms with van der Waals surface area (Å²) >= 11 is 0. The van der Waals surface area contributed by atoms with Crippen molar-refractivity contribution in [2.45, 2.75) is 43.0 Å². The van der Waals surface area contributed by atoms with Gasteiger partial charge in [0.1, 0.15) is 0 Å². The van der Waals surface area contributed by atoms with Crippen molar-refractivity contribution in [2.75, 3.05) is 18.3 Å². The Morgan fingerprint density at radius 2 is 1.25 bits per heavy atom. The zero-order valence-corrected chi connectivity index (χ0v) is 14.2. The molecule has 0 saturated heterocycles. The van der Waals surface area contributed by atoms with Crippen LogP contribution in [0.5, 0.6) is 0 Å². The normalized spacial score (nSPS) is 16.3. The summed E-state index contributed by atoms with van der Waals surface area (Å²) in [7, 11) is -9.73. The molecule has 0 saturated carbocycles. The van der Waals surface area contributed by atoms with E-state index in [-0.39, 0.29) is 12.2 Å². The van der Waals surface area contributed by atoms with Crippen LogP contribution in [0.4, 0.5) is 39.5 Å². The van der Waals surface area contributed by atoms with Gasteiger partial charge in [-0.3, -0.25) is 0 Å². The zero-order chi connectivity index (χ0) is 19.8. The molecule has 0 atom stereocenters. The van der Waals surface area contributed by atoms with Crippen molar-refractivity contribution < 1.29 is 51.6 Å². The van der Waals surface area contributed by atoms with E-state index in [4.69, 9.17) is 0 Å². The van der Waals surface area contributed by atoms with Crippen molar-refractivity contribution in [1.29, 1.82) is 0 Å². The summed E-state index contributed by atoms with van der Waals surface area (Å²) in [5.41, 5.74) is 0.